The highest BCUT2D eigenvalue weighted by molar-refractivity contribution is 6.27. The lowest BCUT2D eigenvalue weighted by Crippen LogP contribution is -2.29. The lowest BCUT2D eigenvalue weighted by molar-refractivity contribution is -0.150. The largest absolute Gasteiger partial charge is 0.511 e. The number of allylic oxidation sites excluding steroid dienone is 2. The van der Waals surface area contributed by atoms with Crippen LogP contribution in [0.4, 0.5) is 0 Å². The summed E-state index contributed by atoms with van der Waals surface area (Å²) < 4.78 is 10.5. The van der Waals surface area contributed by atoms with Gasteiger partial charge in [-0.15, -0.1) is 0 Å². The molecule has 0 aliphatic heterocycles. The molecule has 132 valence electrons. The van der Waals surface area contributed by atoms with Crippen LogP contribution in [-0.2, 0) is 14.3 Å². The van der Waals surface area contributed by atoms with Crippen molar-refractivity contribution in [2.24, 2.45) is 5.92 Å². The minimum Gasteiger partial charge on any atom is -0.511 e. The molecule has 0 aromatic heterocycles. The molecule has 1 unspecified atom stereocenters. The van der Waals surface area contributed by atoms with E-state index in [0.717, 1.165) is 12.8 Å². The summed E-state index contributed by atoms with van der Waals surface area (Å²) in [6.07, 6.45) is 2.14. The summed E-state index contributed by atoms with van der Waals surface area (Å²) in [7, 11) is 0. The number of benzene rings is 1. The average Bonchev–Trinajstić information content (AvgIpc) is 3.39. The number of hydrogen-bond donors (Lipinski definition) is 1. The molecule has 0 bridgehead atoms. The van der Waals surface area contributed by atoms with Gasteiger partial charge in [-0.25, -0.2) is 0 Å². The van der Waals surface area contributed by atoms with Crippen LogP contribution in [0.2, 0.25) is 0 Å². The normalized spacial score (nSPS) is 20.4. The average molecular weight is 344 g/mol. The molecule has 0 radical (unpaired) electrons. The van der Waals surface area contributed by atoms with Crippen LogP contribution in [0.25, 0.3) is 0 Å². The highest BCUT2D eigenvalue weighted by atomic mass is 16.5. The third-order valence-corrected chi connectivity index (χ3v) is 4.23. The van der Waals surface area contributed by atoms with Gasteiger partial charge in [0, 0.05) is 18.4 Å². The van der Waals surface area contributed by atoms with Crippen molar-refractivity contribution in [2.75, 3.05) is 6.61 Å². The predicted molar refractivity (Wildman–Crippen MR) is 88.4 cm³/mol. The number of ether oxygens (including phenoxy) is 2. The van der Waals surface area contributed by atoms with E-state index in [-0.39, 0.29) is 36.9 Å². The van der Waals surface area contributed by atoms with Crippen LogP contribution in [0.5, 0.6) is 5.75 Å². The van der Waals surface area contributed by atoms with Gasteiger partial charge in [0.2, 0.25) is 0 Å². The molecule has 0 spiro atoms. The van der Waals surface area contributed by atoms with Crippen molar-refractivity contribution in [1.82, 2.24) is 0 Å². The molecule has 25 heavy (non-hydrogen) atoms. The fourth-order valence-corrected chi connectivity index (χ4v) is 2.79. The smallest absolute Gasteiger partial charge is 0.309 e. The maximum Gasteiger partial charge on any atom is 0.309 e. The first kappa shape index (κ1) is 17.2. The number of hydrogen-bond acceptors (Lipinski definition) is 6. The highest BCUT2D eigenvalue weighted by Crippen LogP contribution is 2.30. The molecule has 0 amide bonds. The first-order chi connectivity index (χ1) is 12.0. The van der Waals surface area contributed by atoms with Crippen LogP contribution in [-0.4, -0.2) is 35.4 Å². The number of aliphatic hydroxyl groups is 1. The Morgan fingerprint density at radius 1 is 1.16 bits per heavy atom. The monoisotopic (exact) mass is 344 g/mol. The molecular formula is C19H20O6. The van der Waals surface area contributed by atoms with Gasteiger partial charge in [-0.05, 0) is 44.0 Å². The zero-order valence-electron chi connectivity index (χ0n) is 14.0. The van der Waals surface area contributed by atoms with Crippen molar-refractivity contribution in [2.45, 2.75) is 38.7 Å². The Morgan fingerprint density at radius 3 is 2.40 bits per heavy atom. The Hall–Kier alpha value is -2.63. The molecule has 1 atom stereocenters. The number of rotatable bonds is 6. The third-order valence-electron chi connectivity index (χ3n) is 4.23. The van der Waals surface area contributed by atoms with E-state index >= 15 is 0 Å². The molecule has 2 aliphatic rings. The van der Waals surface area contributed by atoms with Crippen LogP contribution in [0, 0.1) is 5.92 Å². The Balaban J connectivity index is 1.75. The van der Waals surface area contributed by atoms with Crippen molar-refractivity contribution in [3.8, 4) is 5.75 Å². The maximum absolute atomic E-state index is 12.6. The van der Waals surface area contributed by atoms with Crippen molar-refractivity contribution < 1.29 is 29.0 Å². The summed E-state index contributed by atoms with van der Waals surface area (Å²) in [5.41, 5.74) is 0.0593. The van der Waals surface area contributed by atoms with Gasteiger partial charge < -0.3 is 14.6 Å². The summed E-state index contributed by atoms with van der Waals surface area (Å²) in [6.45, 7) is 1.87. The summed E-state index contributed by atoms with van der Waals surface area (Å²) >= 11 is 0. The van der Waals surface area contributed by atoms with E-state index in [1.165, 1.54) is 0 Å². The van der Waals surface area contributed by atoms with E-state index in [9.17, 15) is 19.5 Å². The molecule has 1 N–H and O–H groups in total. The maximum atomic E-state index is 12.6. The van der Waals surface area contributed by atoms with E-state index < -0.39 is 23.5 Å². The number of carbonyl (C=O) groups excluding carboxylic acids is 3. The third kappa shape index (κ3) is 3.90. The molecule has 0 saturated heterocycles. The minimum absolute atomic E-state index is 0.0610. The molecule has 3 rings (SSSR count). The summed E-state index contributed by atoms with van der Waals surface area (Å²) in [5.74, 6) is -2.02. The quantitative estimate of drug-likeness (QED) is 0.485. The number of carbonyl (C=O) groups is 3. The van der Waals surface area contributed by atoms with Gasteiger partial charge in [-0.2, -0.15) is 0 Å². The second-order valence-electron chi connectivity index (χ2n) is 6.27. The molecule has 6 nitrogen and oxygen atoms in total. The number of ketones is 2. The van der Waals surface area contributed by atoms with E-state index in [1.807, 2.05) is 0 Å². The second kappa shape index (κ2) is 7.09. The lowest BCUT2D eigenvalue weighted by atomic mass is 9.84. The fourth-order valence-electron chi connectivity index (χ4n) is 2.79. The van der Waals surface area contributed by atoms with Crippen LogP contribution < -0.4 is 4.74 Å². The summed E-state index contributed by atoms with van der Waals surface area (Å²) in [6, 6.07) is 6.51. The van der Waals surface area contributed by atoms with Gasteiger partial charge in [0.25, 0.3) is 0 Å². The zero-order chi connectivity index (χ0) is 18.0. The van der Waals surface area contributed by atoms with Crippen molar-refractivity contribution in [3.05, 3.63) is 41.2 Å². The van der Waals surface area contributed by atoms with Gasteiger partial charge in [-0.1, -0.05) is 0 Å². The van der Waals surface area contributed by atoms with Crippen molar-refractivity contribution in [1.29, 1.82) is 0 Å². The molecular weight excluding hydrogens is 324 g/mol. The number of esters is 1. The molecule has 1 saturated carbocycles. The summed E-state index contributed by atoms with van der Waals surface area (Å²) in [4.78, 5) is 36.6. The van der Waals surface area contributed by atoms with Gasteiger partial charge in [0.05, 0.1) is 18.6 Å². The SMILES string of the molecule is CCOC(=O)C1CC(=O)C(C(=O)c2ccc(OC3CC3)cc2)=C(O)C1. The van der Waals surface area contributed by atoms with E-state index in [0.29, 0.717) is 11.3 Å². The van der Waals surface area contributed by atoms with Crippen LogP contribution in [0.3, 0.4) is 0 Å². The van der Waals surface area contributed by atoms with Gasteiger partial charge in [0.15, 0.2) is 11.6 Å². The Morgan fingerprint density at radius 2 is 1.84 bits per heavy atom. The zero-order valence-corrected chi connectivity index (χ0v) is 14.0. The van der Waals surface area contributed by atoms with Crippen LogP contribution in [0.1, 0.15) is 43.0 Å². The molecule has 0 heterocycles. The van der Waals surface area contributed by atoms with E-state index in [1.54, 1.807) is 31.2 Å². The van der Waals surface area contributed by atoms with Crippen molar-refractivity contribution >= 4 is 17.5 Å². The van der Waals surface area contributed by atoms with E-state index in [2.05, 4.69) is 0 Å². The van der Waals surface area contributed by atoms with Crippen molar-refractivity contribution in [3.63, 3.8) is 0 Å². The Kier molecular flexibility index (Phi) is 4.88. The first-order valence-corrected chi connectivity index (χ1v) is 8.43. The Labute approximate surface area is 145 Å². The van der Waals surface area contributed by atoms with Crippen LogP contribution >= 0.6 is 0 Å². The first-order valence-electron chi connectivity index (χ1n) is 8.43. The van der Waals surface area contributed by atoms with E-state index in [4.69, 9.17) is 9.47 Å². The molecule has 6 heteroatoms. The molecule has 1 aromatic rings. The molecule has 2 aliphatic carbocycles. The minimum atomic E-state index is -0.738. The second-order valence-corrected chi connectivity index (χ2v) is 6.27. The van der Waals surface area contributed by atoms with Gasteiger partial charge >= 0.3 is 5.97 Å². The van der Waals surface area contributed by atoms with Gasteiger partial charge in [-0.3, -0.25) is 14.4 Å². The number of Topliss-reactive ketones (excluding diaryl/α,β-unsaturated/α-hetero) is 2. The molecule has 1 aromatic carbocycles. The Bertz CT molecular complexity index is 727. The van der Waals surface area contributed by atoms with Crippen LogP contribution in [0.15, 0.2) is 35.6 Å². The number of aliphatic hydroxyl groups excluding tert-OH is 1. The van der Waals surface area contributed by atoms with Gasteiger partial charge in [0.1, 0.15) is 17.1 Å². The molecule has 1 fully saturated rings. The fraction of sp³-hybridized carbons (Fsp3) is 0.421. The predicted octanol–water partition coefficient (Wildman–Crippen LogP) is 2.76. The summed E-state index contributed by atoms with van der Waals surface area (Å²) in [5, 5.41) is 10.1. The topological polar surface area (TPSA) is 89.9 Å². The standard InChI is InChI=1S/C19H20O6/c1-2-24-19(23)12-9-15(20)17(16(21)10-12)18(22)11-3-5-13(6-4-11)25-14-7-8-14/h3-6,12,14,20H,2,7-10H2,1H3. The lowest BCUT2D eigenvalue weighted by Gasteiger charge is -2.21. The highest BCUT2D eigenvalue weighted by Gasteiger charge is 2.36.